The maximum Gasteiger partial charge on any atom is 0.322 e. The number of hydrogen-bond donors (Lipinski definition) is 1. The van der Waals surface area contributed by atoms with E-state index in [-0.39, 0.29) is 17.8 Å². The third kappa shape index (κ3) is 3.96. The second kappa shape index (κ2) is 8.39. The van der Waals surface area contributed by atoms with Crippen molar-refractivity contribution in [3.8, 4) is 28.5 Å². The largest absolute Gasteiger partial charge is 0.494 e. The fraction of sp³-hybridized carbons (Fsp3) is 0.0800. The molecule has 32 heavy (non-hydrogen) atoms. The minimum atomic E-state index is -0.344. The zero-order chi connectivity index (χ0) is 21.9. The summed E-state index contributed by atoms with van der Waals surface area (Å²) in [5, 5.41) is 12.6. The molecule has 0 unspecified atom stereocenters. The van der Waals surface area contributed by atoms with Crippen LogP contribution >= 0.6 is 0 Å². The topological polar surface area (TPSA) is 90.4 Å². The first-order chi connectivity index (χ1) is 15.7. The van der Waals surface area contributed by atoms with Crippen molar-refractivity contribution in [1.82, 2.24) is 10.2 Å². The molecule has 1 N–H and O–H groups in total. The highest BCUT2D eigenvalue weighted by atomic mass is 16.5. The number of aromatic nitrogens is 2. The standard InChI is InChI=1S/C25H19N3O4/c1-2-30-21-11-10-18-13-17(8-9-19(18)15-21)16-5-3-6-20(14-16)23(29)26-25-28-27-24(32-25)22-7-4-12-31-22/h3-15H,2H2,1H3,(H,26,28,29). The molecule has 0 fully saturated rings. The molecule has 0 aliphatic carbocycles. The number of carbonyl (C=O) groups excluding carboxylic acids is 1. The number of fused-ring (bicyclic) bond motifs is 1. The van der Waals surface area contributed by atoms with E-state index in [0.29, 0.717) is 17.9 Å². The maximum atomic E-state index is 12.7. The Bertz CT molecular complexity index is 1390. The van der Waals surface area contributed by atoms with Crippen molar-refractivity contribution in [2.45, 2.75) is 6.92 Å². The zero-order valence-corrected chi connectivity index (χ0v) is 17.2. The summed E-state index contributed by atoms with van der Waals surface area (Å²) in [5.41, 5.74) is 2.41. The van der Waals surface area contributed by atoms with Crippen LogP contribution in [0.5, 0.6) is 5.75 Å². The normalized spacial score (nSPS) is 10.9. The summed E-state index contributed by atoms with van der Waals surface area (Å²) in [6.45, 7) is 2.60. The Hall–Kier alpha value is -4.39. The van der Waals surface area contributed by atoms with Crippen LogP contribution < -0.4 is 10.1 Å². The first-order valence-corrected chi connectivity index (χ1v) is 10.2. The highest BCUT2D eigenvalue weighted by Gasteiger charge is 2.15. The van der Waals surface area contributed by atoms with Gasteiger partial charge in [0.25, 0.3) is 11.8 Å². The second-order valence-corrected chi connectivity index (χ2v) is 7.08. The molecule has 0 bridgehead atoms. The van der Waals surface area contributed by atoms with Crippen molar-refractivity contribution in [3.63, 3.8) is 0 Å². The summed E-state index contributed by atoms with van der Waals surface area (Å²) < 4.78 is 16.2. The zero-order valence-electron chi connectivity index (χ0n) is 17.2. The van der Waals surface area contributed by atoms with Crippen LogP contribution in [0.25, 0.3) is 33.6 Å². The summed E-state index contributed by atoms with van der Waals surface area (Å²) in [6, 6.07) is 23.0. The van der Waals surface area contributed by atoms with Crippen molar-refractivity contribution >= 4 is 22.7 Å². The quantitative estimate of drug-likeness (QED) is 0.370. The fourth-order valence-electron chi connectivity index (χ4n) is 3.44. The van der Waals surface area contributed by atoms with Crippen LogP contribution in [0.15, 0.2) is 87.9 Å². The number of hydrogen-bond acceptors (Lipinski definition) is 6. The van der Waals surface area contributed by atoms with Crippen LogP contribution in [-0.2, 0) is 0 Å². The number of anilines is 1. The van der Waals surface area contributed by atoms with E-state index in [1.807, 2.05) is 49.4 Å². The van der Waals surface area contributed by atoms with Crippen LogP contribution in [-0.4, -0.2) is 22.7 Å². The smallest absolute Gasteiger partial charge is 0.322 e. The van der Waals surface area contributed by atoms with E-state index in [2.05, 4.69) is 27.6 Å². The van der Waals surface area contributed by atoms with Gasteiger partial charge in [-0.05, 0) is 71.3 Å². The summed E-state index contributed by atoms with van der Waals surface area (Å²) in [4.78, 5) is 12.7. The first-order valence-electron chi connectivity index (χ1n) is 10.2. The number of furan rings is 1. The van der Waals surface area contributed by atoms with Crippen molar-refractivity contribution in [2.75, 3.05) is 11.9 Å². The molecule has 3 aromatic carbocycles. The summed E-state index contributed by atoms with van der Waals surface area (Å²) in [7, 11) is 0. The lowest BCUT2D eigenvalue weighted by molar-refractivity contribution is 0.102. The van der Waals surface area contributed by atoms with Gasteiger partial charge >= 0.3 is 6.01 Å². The fourth-order valence-corrected chi connectivity index (χ4v) is 3.44. The molecule has 0 aliphatic heterocycles. The lowest BCUT2D eigenvalue weighted by Crippen LogP contribution is -2.12. The average Bonchev–Trinajstić information content (AvgIpc) is 3.51. The van der Waals surface area contributed by atoms with Gasteiger partial charge in [0.1, 0.15) is 5.75 Å². The van der Waals surface area contributed by atoms with Crippen molar-refractivity contribution in [1.29, 1.82) is 0 Å². The Labute approximate surface area is 183 Å². The Morgan fingerprint density at radius 2 is 1.78 bits per heavy atom. The van der Waals surface area contributed by atoms with Crippen LogP contribution in [0, 0.1) is 0 Å². The molecule has 2 aromatic heterocycles. The first kappa shape index (κ1) is 19.6. The molecule has 7 nitrogen and oxygen atoms in total. The SMILES string of the molecule is CCOc1ccc2cc(-c3cccc(C(=O)Nc4nnc(-c5ccco5)o4)c3)ccc2c1. The molecule has 0 aliphatic rings. The van der Waals surface area contributed by atoms with Gasteiger partial charge < -0.3 is 13.6 Å². The van der Waals surface area contributed by atoms with Gasteiger partial charge in [-0.3, -0.25) is 10.1 Å². The minimum Gasteiger partial charge on any atom is -0.494 e. The van der Waals surface area contributed by atoms with E-state index in [1.165, 1.54) is 6.26 Å². The molecule has 0 atom stereocenters. The van der Waals surface area contributed by atoms with Gasteiger partial charge in [0, 0.05) is 5.56 Å². The Morgan fingerprint density at radius 1 is 0.938 bits per heavy atom. The highest BCUT2D eigenvalue weighted by molar-refractivity contribution is 6.04. The Balaban J connectivity index is 1.37. The van der Waals surface area contributed by atoms with Gasteiger partial charge in [-0.25, -0.2) is 0 Å². The van der Waals surface area contributed by atoms with Crippen LogP contribution in [0.1, 0.15) is 17.3 Å². The molecule has 0 saturated heterocycles. The number of amides is 1. The molecule has 5 aromatic rings. The van der Waals surface area contributed by atoms with Crippen LogP contribution in [0.3, 0.4) is 0 Å². The van der Waals surface area contributed by atoms with Gasteiger partial charge in [0.05, 0.1) is 12.9 Å². The number of rotatable bonds is 6. The lowest BCUT2D eigenvalue weighted by Gasteiger charge is -2.08. The molecule has 2 heterocycles. The Morgan fingerprint density at radius 3 is 2.62 bits per heavy atom. The molecular formula is C25H19N3O4. The molecule has 0 spiro atoms. The van der Waals surface area contributed by atoms with E-state index < -0.39 is 0 Å². The molecule has 5 rings (SSSR count). The van der Waals surface area contributed by atoms with Crippen LogP contribution in [0.4, 0.5) is 6.01 Å². The van der Waals surface area contributed by atoms with E-state index in [9.17, 15) is 4.79 Å². The van der Waals surface area contributed by atoms with Crippen molar-refractivity contribution < 1.29 is 18.4 Å². The lowest BCUT2D eigenvalue weighted by atomic mass is 9.99. The number of benzene rings is 3. The van der Waals surface area contributed by atoms with Gasteiger partial charge in [0.15, 0.2) is 5.76 Å². The third-order valence-electron chi connectivity index (χ3n) is 4.96. The maximum absolute atomic E-state index is 12.7. The summed E-state index contributed by atoms with van der Waals surface area (Å²) >= 11 is 0. The molecule has 7 heteroatoms. The van der Waals surface area contributed by atoms with Gasteiger partial charge in [-0.2, -0.15) is 0 Å². The number of nitrogens with one attached hydrogen (secondary N) is 1. The van der Waals surface area contributed by atoms with Crippen LogP contribution in [0.2, 0.25) is 0 Å². The average molecular weight is 425 g/mol. The monoisotopic (exact) mass is 425 g/mol. The summed E-state index contributed by atoms with van der Waals surface area (Å²) in [6.07, 6.45) is 1.51. The predicted octanol–water partition coefficient (Wildman–Crippen LogP) is 5.80. The molecule has 158 valence electrons. The molecule has 0 radical (unpaired) electrons. The Kier molecular flexibility index (Phi) is 5.13. The van der Waals surface area contributed by atoms with E-state index in [1.54, 1.807) is 18.2 Å². The number of ether oxygens (including phenoxy) is 1. The predicted molar refractivity (Wildman–Crippen MR) is 121 cm³/mol. The number of nitrogens with zero attached hydrogens (tertiary/aromatic N) is 2. The molecule has 0 saturated carbocycles. The minimum absolute atomic E-state index is 0.00242. The van der Waals surface area contributed by atoms with Crippen molar-refractivity contribution in [2.24, 2.45) is 0 Å². The van der Waals surface area contributed by atoms with E-state index >= 15 is 0 Å². The number of carbonyl (C=O) groups is 1. The molecular weight excluding hydrogens is 406 g/mol. The second-order valence-electron chi connectivity index (χ2n) is 7.08. The summed E-state index contributed by atoms with van der Waals surface area (Å²) in [5.74, 6) is 1.14. The van der Waals surface area contributed by atoms with Gasteiger partial charge in [-0.15, -0.1) is 5.10 Å². The van der Waals surface area contributed by atoms with Gasteiger partial charge in [-0.1, -0.05) is 35.4 Å². The third-order valence-corrected chi connectivity index (χ3v) is 4.96. The molecule has 1 amide bonds. The van der Waals surface area contributed by atoms with E-state index in [0.717, 1.165) is 27.6 Å². The van der Waals surface area contributed by atoms with Crippen molar-refractivity contribution in [3.05, 3.63) is 84.6 Å². The van der Waals surface area contributed by atoms with Gasteiger partial charge in [0.2, 0.25) is 0 Å². The highest BCUT2D eigenvalue weighted by Crippen LogP contribution is 2.28. The van der Waals surface area contributed by atoms with E-state index in [4.69, 9.17) is 13.6 Å².